The van der Waals surface area contributed by atoms with E-state index in [0.717, 1.165) is 32.7 Å². The molecule has 24 heavy (non-hydrogen) atoms. The number of hydrogen-bond acceptors (Lipinski definition) is 5. The topological polar surface area (TPSA) is 54.0 Å². The van der Waals surface area contributed by atoms with Crippen LogP contribution in [-0.2, 0) is 4.79 Å². The molecular formula is C18H29N3O3. The number of amides is 1. The molecule has 0 unspecified atom stereocenters. The molecule has 1 aliphatic heterocycles. The summed E-state index contributed by atoms with van der Waals surface area (Å²) in [5.74, 6) is 1.97. The van der Waals surface area contributed by atoms with Gasteiger partial charge < -0.3 is 19.7 Å². The second kappa shape index (κ2) is 8.89. The van der Waals surface area contributed by atoms with E-state index in [-0.39, 0.29) is 5.91 Å². The molecule has 1 fully saturated rings. The van der Waals surface area contributed by atoms with Crippen LogP contribution in [0.1, 0.15) is 13.8 Å². The molecule has 1 saturated heterocycles. The van der Waals surface area contributed by atoms with Crippen LogP contribution in [0, 0.1) is 5.92 Å². The summed E-state index contributed by atoms with van der Waals surface area (Å²) in [5, 5.41) is 2.93. The van der Waals surface area contributed by atoms with Crippen LogP contribution in [-0.4, -0.2) is 69.2 Å². The van der Waals surface area contributed by atoms with Gasteiger partial charge in [0.25, 0.3) is 0 Å². The van der Waals surface area contributed by atoms with E-state index in [2.05, 4.69) is 29.0 Å². The Labute approximate surface area is 144 Å². The predicted molar refractivity (Wildman–Crippen MR) is 95.9 cm³/mol. The highest BCUT2D eigenvalue weighted by Crippen LogP contribution is 2.28. The van der Waals surface area contributed by atoms with Gasteiger partial charge in [-0.25, -0.2) is 0 Å². The molecule has 1 aromatic rings. The molecule has 1 N–H and O–H groups in total. The van der Waals surface area contributed by atoms with Crippen molar-refractivity contribution >= 4 is 11.6 Å². The third-order valence-electron chi connectivity index (χ3n) is 4.14. The van der Waals surface area contributed by atoms with Crippen molar-refractivity contribution in [3.63, 3.8) is 0 Å². The van der Waals surface area contributed by atoms with Crippen LogP contribution in [0.2, 0.25) is 0 Å². The van der Waals surface area contributed by atoms with Crippen LogP contribution < -0.4 is 14.8 Å². The summed E-state index contributed by atoms with van der Waals surface area (Å²) in [5.41, 5.74) is 0.668. The predicted octanol–water partition coefficient (Wildman–Crippen LogP) is 1.92. The molecule has 1 amide bonds. The lowest BCUT2D eigenvalue weighted by molar-refractivity contribution is -0.117. The van der Waals surface area contributed by atoms with Crippen molar-refractivity contribution in [2.24, 2.45) is 5.92 Å². The number of ether oxygens (including phenoxy) is 2. The van der Waals surface area contributed by atoms with Crippen LogP contribution >= 0.6 is 0 Å². The quantitative estimate of drug-likeness (QED) is 0.825. The Morgan fingerprint density at radius 2 is 1.79 bits per heavy atom. The fourth-order valence-electron chi connectivity index (χ4n) is 2.94. The summed E-state index contributed by atoms with van der Waals surface area (Å²) in [7, 11) is 3.18. The second-order valence-electron chi connectivity index (χ2n) is 6.58. The summed E-state index contributed by atoms with van der Waals surface area (Å²) in [6.45, 7) is 9.92. The van der Waals surface area contributed by atoms with E-state index in [9.17, 15) is 4.79 Å². The second-order valence-corrected chi connectivity index (χ2v) is 6.58. The van der Waals surface area contributed by atoms with E-state index in [1.54, 1.807) is 26.4 Å². The third-order valence-corrected chi connectivity index (χ3v) is 4.14. The van der Waals surface area contributed by atoms with Gasteiger partial charge in [0.15, 0.2) is 0 Å². The molecule has 6 nitrogen and oxygen atoms in total. The van der Waals surface area contributed by atoms with Crippen molar-refractivity contribution < 1.29 is 14.3 Å². The standard InChI is InChI=1S/C18H29N3O3/c1-14(2)12-20-7-9-21(10-8-20)13-18(22)19-16-6-5-15(23-3)11-17(16)24-4/h5-6,11,14H,7-10,12-13H2,1-4H3,(H,19,22). The number of hydrogen-bond donors (Lipinski definition) is 1. The highest BCUT2D eigenvalue weighted by molar-refractivity contribution is 5.93. The number of carbonyl (C=O) groups is 1. The van der Waals surface area contributed by atoms with E-state index in [1.165, 1.54) is 0 Å². The number of nitrogens with zero attached hydrogens (tertiary/aromatic N) is 2. The molecule has 2 rings (SSSR count). The van der Waals surface area contributed by atoms with Crippen LogP contribution in [0.3, 0.4) is 0 Å². The molecule has 134 valence electrons. The number of piperazine rings is 1. The molecule has 0 bridgehead atoms. The van der Waals surface area contributed by atoms with Crippen molar-refractivity contribution in [1.82, 2.24) is 9.80 Å². The first-order valence-electron chi connectivity index (χ1n) is 8.48. The summed E-state index contributed by atoms with van der Waals surface area (Å²) in [6.07, 6.45) is 0. The Morgan fingerprint density at radius 3 is 2.38 bits per heavy atom. The molecule has 1 aromatic carbocycles. The Balaban J connectivity index is 1.84. The zero-order valence-corrected chi connectivity index (χ0v) is 15.2. The van der Waals surface area contributed by atoms with Crippen LogP contribution in [0.25, 0.3) is 0 Å². The molecule has 0 saturated carbocycles. The number of carbonyl (C=O) groups excluding carboxylic acids is 1. The van der Waals surface area contributed by atoms with E-state index >= 15 is 0 Å². The maximum absolute atomic E-state index is 12.3. The van der Waals surface area contributed by atoms with Gasteiger partial charge in [-0.3, -0.25) is 9.69 Å². The van der Waals surface area contributed by atoms with Gasteiger partial charge >= 0.3 is 0 Å². The summed E-state index contributed by atoms with van der Waals surface area (Å²) in [4.78, 5) is 17.0. The van der Waals surface area contributed by atoms with Gasteiger partial charge in [-0.15, -0.1) is 0 Å². The lowest BCUT2D eigenvalue weighted by atomic mass is 10.2. The van der Waals surface area contributed by atoms with Gasteiger partial charge in [0.1, 0.15) is 11.5 Å². The van der Waals surface area contributed by atoms with Crippen molar-refractivity contribution in [2.45, 2.75) is 13.8 Å². The minimum atomic E-state index is -0.0178. The lowest BCUT2D eigenvalue weighted by Gasteiger charge is -2.35. The number of anilines is 1. The van der Waals surface area contributed by atoms with Crippen molar-refractivity contribution in [3.05, 3.63) is 18.2 Å². The van der Waals surface area contributed by atoms with Gasteiger partial charge in [0.05, 0.1) is 26.5 Å². The van der Waals surface area contributed by atoms with E-state index in [1.807, 2.05) is 6.07 Å². The molecule has 0 aromatic heterocycles. The average molecular weight is 335 g/mol. The number of benzene rings is 1. The van der Waals surface area contributed by atoms with E-state index < -0.39 is 0 Å². The molecule has 0 aliphatic carbocycles. The first kappa shape index (κ1) is 18.5. The van der Waals surface area contributed by atoms with Crippen LogP contribution in [0.5, 0.6) is 11.5 Å². The minimum Gasteiger partial charge on any atom is -0.497 e. The fourth-order valence-corrected chi connectivity index (χ4v) is 2.94. The minimum absolute atomic E-state index is 0.0178. The number of rotatable bonds is 7. The highest BCUT2D eigenvalue weighted by Gasteiger charge is 2.20. The van der Waals surface area contributed by atoms with Crippen molar-refractivity contribution in [3.8, 4) is 11.5 Å². The maximum atomic E-state index is 12.3. The summed E-state index contributed by atoms with van der Waals surface area (Å²) < 4.78 is 10.5. The van der Waals surface area contributed by atoms with Gasteiger partial charge in [-0.05, 0) is 18.1 Å². The lowest BCUT2D eigenvalue weighted by Crippen LogP contribution is -2.49. The fraction of sp³-hybridized carbons (Fsp3) is 0.611. The van der Waals surface area contributed by atoms with Gasteiger partial charge in [0.2, 0.25) is 5.91 Å². The van der Waals surface area contributed by atoms with Crippen molar-refractivity contribution in [1.29, 1.82) is 0 Å². The first-order valence-corrected chi connectivity index (χ1v) is 8.48. The normalized spacial score (nSPS) is 16.2. The monoisotopic (exact) mass is 335 g/mol. The highest BCUT2D eigenvalue weighted by atomic mass is 16.5. The molecule has 1 heterocycles. The molecule has 6 heteroatoms. The molecule has 0 spiro atoms. The number of nitrogens with one attached hydrogen (secondary N) is 1. The van der Waals surface area contributed by atoms with E-state index in [0.29, 0.717) is 29.6 Å². The van der Waals surface area contributed by atoms with Gasteiger partial charge in [-0.2, -0.15) is 0 Å². The molecule has 1 aliphatic rings. The van der Waals surface area contributed by atoms with Crippen LogP contribution in [0.15, 0.2) is 18.2 Å². The molecule has 0 atom stereocenters. The SMILES string of the molecule is COc1ccc(NC(=O)CN2CCN(CC(C)C)CC2)c(OC)c1. The van der Waals surface area contributed by atoms with Gasteiger partial charge in [0, 0.05) is 38.8 Å². The Kier molecular flexibility index (Phi) is 6.87. The Morgan fingerprint density at radius 1 is 1.12 bits per heavy atom. The third kappa shape index (κ3) is 5.39. The molecular weight excluding hydrogens is 306 g/mol. The number of methoxy groups -OCH3 is 2. The summed E-state index contributed by atoms with van der Waals surface area (Å²) >= 11 is 0. The van der Waals surface area contributed by atoms with Gasteiger partial charge in [-0.1, -0.05) is 13.8 Å². The zero-order valence-electron chi connectivity index (χ0n) is 15.2. The largest absolute Gasteiger partial charge is 0.497 e. The average Bonchev–Trinajstić information content (AvgIpc) is 2.56. The van der Waals surface area contributed by atoms with Crippen LogP contribution in [0.4, 0.5) is 5.69 Å². The Bertz CT molecular complexity index is 540. The smallest absolute Gasteiger partial charge is 0.238 e. The summed E-state index contributed by atoms with van der Waals surface area (Å²) in [6, 6.07) is 5.37. The van der Waals surface area contributed by atoms with E-state index in [4.69, 9.17) is 9.47 Å². The first-order chi connectivity index (χ1) is 11.5. The maximum Gasteiger partial charge on any atom is 0.238 e. The Hall–Kier alpha value is -1.79. The van der Waals surface area contributed by atoms with Crippen molar-refractivity contribution in [2.75, 3.05) is 58.8 Å². The zero-order chi connectivity index (χ0) is 17.5. The molecule has 0 radical (unpaired) electrons.